The van der Waals surface area contributed by atoms with E-state index in [1.807, 2.05) is 12.1 Å². The summed E-state index contributed by atoms with van der Waals surface area (Å²) in [5, 5.41) is 6.10. The maximum Gasteiger partial charge on any atom is 0.262 e. The molecule has 2 amide bonds. The molecular weight excluding hydrogens is 428 g/mol. The van der Waals surface area contributed by atoms with Gasteiger partial charge < -0.3 is 20.1 Å². The summed E-state index contributed by atoms with van der Waals surface area (Å²) in [6.45, 7) is 3.50. The first-order valence-corrected chi connectivity index (χ1v) is 10.2. The second kappa shape index (κ2) is 11.0. The minimum absolute atomic E-state index is 0.226. The number of amides is 2. The van der Waals surface area contributed by atoms with E-state index >= 15 is 0 Å². The minimum atomic E-state index is -0.379. The predicted octanol–water partition coefficient (Wildman–Crippen LogP) is 5.35. The molecule has 0 aliphatic rings. The predicted molar refractivity (Wildman–Crippen MR) is 127 cm³/mol. The molecule has 0 aliphatic heterocycles. The summed E-state index contributed by atoms with van der Waals surface area (Å²) in [5.74, 6) is 0.298. The Morgan fingerprint density at radius 3 is 2.31 bits per heavy atom. The van der Waals surface area contributed by atoms with Gasteiger partial charge in [-0.2, -0.15) is 0 Å². The van der Waals surface area contributed by atoms with Gasteiger partial charge >= 0.3 is 0 Å². The quantitative estimate of drug-likeness (QED) is 0.431. The highest BCUT2D eigenvalue weighted by atomic mass is 35.5. The Morgan fingerprint density at radius 1 is 0.969 bits per heavy atom. The Balaban J connectivity index is 1.64. The summed E-state index contributed by atoms with van der Waals surface area (Å²) in [5.41, 5.74) is 2.40. The van der Waals surface area contributed by atoms with E-state index in [2.05, 4.69) is 17.2 Å². The molecule has 0 aromatic heterocycles. The highest BCUT2D eigenvalue weighted by Crippen LogP contribution is 2.28. The summed E-state index contributed by atoms with van der Waals surface area (Å²) >= 11 is 5.87. The lowest BCUT2D eigenvalue weighted by molar-refractivity contribution is -0.118. The lowest BCUT2D eigenvalue weighted by Crippen LogP contribution is -2.22. The minimum Gasteiger partial charge on any atom is -0.493 e. The van der Waals surface area contributed by atoms with E-state index in [9.17, 15) is 9.59 Å². The number of anilines is 2. The van der Waals surface area contributed by atoms with Crippen LogP contribution in [0.5, 0.6) is 11.5 Å². The van der Waals surface area contributed by atoms with Crippen LogP contribution >= 0.6 is 11.6 Å². The van der Waals surface area contributed by atoms with Gasteiger partial charge in [-0.1, -0.05) is 35.9 Å². The van der Waals surface area contributed by atoms with Gasteiger partial charge in [0.25, 0.3) is 11.8 Å². The maximum atomic E-state index is 12.5. The van der Waals surface area contributed by atoms with Crippen molar-refractivity contribution in [1.29, 1.82) is 0 Å². The molecule has 2 N–H and O–H groups in total. The normalized spacial score (nSPS) is 10.2. The van der Waals surface area contributed by atoms with E-state index in [-0.39, 0.29) is 18.4 Å². The highest BCUT2D eigenvalue weighted by Gasteiger charge is 2.13. The number of carbonyl (C=O) groups is 2. The third-order valence-corrected chi connectivity index (χ3v) is 4.77. The number of nitrogens with one attached hydrogen (secondary N) is 2. The first-order valence-electron chi connectivity index (χ1n) is 9.86. The lowest BCUT2D eigenvalue weighted by Gasteiger charge is -2.14. The molecule has 3 rings (SSSR count). The number of benzene rings is 3. The molecule has 7 heteroatoms. The summed E-state index contributed by atoms with van der Waals surface area (Å²) in [6, 6.07) is 18.9. The van der Waals surface area contributed by atoms with Crippen LogP contribution in [0.3, 0.4) is 0 Å². The summed E-state index contributed by atoms with van der Waals surface area (Å²) < 4.78 is 11.0. The van der Waals surface area contributed by atoms with Gasteiger partial charge in [-0.3, -0.25) is 9.59 Å². The molecule has 164 valence electrons. The van der Waals surface area contributed by atoms with Crippen molar-refractivity contribution < 1.29 is 19.1 Å². The molecule has 3 aromatic rings. The molecule has 0 bridgehead atoms. The van der Waals surface area contributed by atoms with Crippen molar-refractivity contribution >= 4 is 34.8 Å². The van der Waals surface area contributed by atoms with Crippen molar-refractivity contribution in [3.63, 3.8) is 0 Å². The average molecular weight is 451 g/mol. The molecule has 0 aliphatic carbocycles. The zero-order valence-electron chi connectivity index (χ0n) is 17.6. The largest absolute Gasteiger partial charge is 0.493 e. The number of rotatable bonds is 9. The third-order valence-electron chi connectivity index (χ3n) is 4.52. The monoisotopic (exact) mass is 450 g/mol. The molecule has 32 heavy (non-hydrogen) atoms. The molecule has 0 unspecified atom stereocenters. The van der Waals surface area contributed by atoms with Crippen molar-refractivity contribution in [1.82, 2.24) is 0 Å². The fraction of sp³-hybridized carbons (Fsp3) is 0.120. The number of para-hydroxylation sites is 2. The smallest absolute Gasteiger partial charge is 0.262 e. The zero-order valence-corrected chi connectivity index (χ0v) is 18.3. The van der Waals surface area contributed by atoms with E-state index in [1.54, 1.807) is 67.8 Å². The fourth-order valence-corrected chi connectivity index (χ4v) is 3.08. The molecule has 0 saturated heterocycles. The standard InChI is InChI=1S/C25H23ClN2O4/c1-3-6-17-9-14-22(23(15-17)31-2)32-16-24(29)27-20-7-4-5-8-21(20)28-25(30)18-10-12-19(26)13-11-18/h3-5,7-15H,1,6,16H2,2H3,(H,27,29)(H,28,30). The lowest BCUT2D eigenvalue weighted by atomic mass is 10.1. The van der Waals surface area contributed by atoms with Crippen LogP contribution in [0.25, 0.3) is 0 Å². The van der Waals surface area contributed by atoms with Gasteiger partial charge in [0, 0.05) is 10.6 Å². The summed E-state index contributed by atoms with van der Waals surface area (Å²) in [7, 11) is 1.54. The van der Waals surface area contributed by atoms with Crippen LogP contribution < -0.4 is 20.1 Å². The molecule has 6 nitrogen and oxygen atoms in total. The van der Waals surface area contributed by atoms with Gasteiger partial charge in [0.1, 0.15) is 0 Å². The summed E-state index contributed by atoms with van der Waals surface area (Å²) in [6.07, 6.45) is 2.50. The van der Waals surface area contributed by atoms with Gasteiger partial charge in [-0.15, -0.1) is 6.58 Å². The van der Waals surface area contributed by atoms with Crippen LogP contribution in [-0.4, -0.2) is 25.5 Å². The highest BCUT2D eigenvalue weighted by molar-refractivity contribution is 6.30. The molecule has 0 radical (unpaired) electrons. The summed E-state index contributed by atoms with van der Waals surface area (Å²) in [4.78, 5) is 25.0. The van der Waals surface area contributed by atoms with E-state index in [4.69, 9.17) is 21.1 Å². The molecule has 0 fully saturated rings. The Labute approximate surface area is 191 Å². The third kappa shape index (κ3) is 6.12. The first kappa shape index (κ1) is 22.9. The van der Waals surface area contributed by atoms with Crippen molar-refractivity contribution in [3.8, 4) is 11.5 Å². The van der Waals surface area contributed by atoms with Crippen LogP contribution in [0, 0.1) is 0 Å². The van der Waals surface area contributed by atoms with Crippen LogP contribution in [0.1, 0.15) is 15.9 Å². The Hall–Kier alpha value is -3.77. The maximum absolute atomic E-state index is 12.5. The average Bonchev–Trinajstić information content (AvgIpc) is 2.80. The first-order chi connectivity index (χ1) is 15.5. The van der Waals surface area contributed by atoms with Crippen LogP contribution in [0.15, 0.2) is 79.4 Å². The molecule has 0 spiro atoms. The number of allylic oxidation sites excluding steroid dienone is 1. The molecule has 0 saturated carbocycles. The molecule has 0 heterocycles. The number of hydrogen-bond acceptors (Lipinski definition) is 4. The van der Waals surface area contributed by atoms with E-state index < -0.39 is 0 Å². The van der Waals surface area contributed by atoms with Crippen molar-refractivity contribution in [3.05, 3.63) is 95.5 Å². The fourth-order valence-electron chi connectivity index (χ4n) is 2.95. The van der Waals surface area contributed by atoms with Gasteiger partial charge in [-0.05, 0) is 60.5 Å². The molecule has 0 atom stereocenters. The number of halogens is 1. The van der Waals surface area contributed by atoms with Gasteiger partial charge in [0.05, 0.1) is 18.5 Å². The topological polar surface area (TPSA) is 76.7 Å². The van der Waals surface area contributed by atoms with Gasteiger partial charge in [0.15, 0.2) is 18.1 Å². The second-order valence-electron chi connectivity index (χ2n) is 6.82. The van der Waals surface area contributed by atoms with Crippen LogP contribution in [0.4, 0.5) is 11.4 Å². The van der Waals surface area contributed by atoms with Crippen molar-refractivity contribution in [2.24, 2.45) is 0 Å². The number of hydrogen-bond donors (Lipinski definition) is 2. The van der Waals surface area contributed by atoms with Crippen molar-refractivity contribution in [2.75, 3.05) is 24.4 Å². The van der Waals surface area contributed by atoms with E-state index in [0.717, 1.165) is 5.56 Å². The van der Waals surface area contributed by atoms with Crippen molar-refractivity contribution in [2.45, 2.75) is 6.42 Å². The Kier molecular flexibility index (Phi) is 7.89. The van der Waals surface area contributed by atoms with Crippen LogP contribution in [-0.2, 0) is 11.2 Å². The Morgan fingerprint density at radius 2 is 1.66 bits per heavy atom. The van der Waals surface area contributed by atoms with Gasteiger partial charge in [-0.25, -0.2) is 0 Å². The van der Waals surface area contributed by atoms with Crippen LogP contribution in [0.2, 0.25) is 5.02 Å². The zero-order chi connectivity index (χ0) is 22.9. The molecular formula is C25H23ClN2O4. The van der Waals surface area contributed by atoms with E-state index in [1.165, 1.54) is 0 Å². The number of ether oxygens (including phenoxy) is 2. The Bertz CT molecular complexity index is 1110. The number of carbonyl (C=O) groups excluding carboxylic acids is 2. The number of methoxy groups -OCH3 is 1. The second-order valence-corrected chi connectivity index (χ2v) is 7.26. The SMILES string of the molecule is C=CCc1ccc(OCC(=O)Nc2ccccc2NC(=O)c2ccc(Cl)cc2)c(OC)c1. The molecule has 3 aromatic carbocycles. The van der Waals surface area contributed by atoms with Gasteiger partial charge in [0.2, 0.25) is 0 Å². The van der Waals surface area contributed by atoms with E-state index in [0.29, 0.717) is 39.9 Å².